The fourth-order valence-electron chi connectivity index (χ4n) is 4.63. The Bertz CT molecular complexity index is 1040. The lowest BCUT2D eigenvalue weighted by atomic mass is 9.76. The molecule has 0 aromatic carbocycles. The van der Waals surface area contributed by atoms with Crippen LogP contribution in [-0.2, 0) is 10.8 Å². The van der Waals surface area contributed by atoms with Gasteiger partial charge in [-0.2, -0.15) is 18.2 Å². The summed E-state index contributed by atoms with van der Waals surface area (Å²) in [5.74, 6) is 2.14. The van der Waals surface area contributed by atoms with Gasteiger partial charge in [-0.25, -0.2) is 15.0 Å². The summed E-state index contributed by atoms with van der Waals surface area (Å²) in [7, 11) is -1.21. The summed E-state index contributed by atoms with van der Waals surface area (Å²) in [5.41, 5.74) is -4.74. The Balaban J connectivity index is 1.27. The number of alkyl halides is 3. The first-order valence-corrected chi connectivity index (χ1v) is 12.9. The minimum Gasteiger partial charge on any atom is -0.394 e. The van der Waals surface area contributed by atoms with Gasteiger partial charge in [-0.15, -0.1) is 0 Å². The van der Waals surface area contributed by atoms with Gasteiger partial charge in [-0.1, -0.05) is 0 Å². The smallest absolute Gasteiger partial charge is 0.394 e. The summed E-state index contributed by atoms with van der Waals surface area (Å²) in [5, 5.41) is 9.97. The highest BCUT2D eigenvalue weighted by Crippen LogP contribution is 2.45. The van der Waals surface area contributed by atoms with E-state index in [-0.39, 0.29) is 34.7 Å². The van der Waals surface area contributed by atoms with Gasteiger partial charge in [0.15, 0.2) is 5.82 Å². The molecule has 1 saturated heterocycles. The third kappa shape index (κ3) is 4.42. The average molecular weight is 501 g/mol. The molecule has 33 heavy (non-hydrogen) atoms. The van der Waals surface area contributed by atoms with E-state index in [9.17, 15) is 22.5 Å². The number of anilines is 2. The van der Waals surface area contributed by atoms with Crippen LogP contribution in [-0.4, -0.2) is 65.9 Å². The molecule has 1 unspecified atom stereocenters. The maximum atomic E-state index is 12.6. The molecular weight excluding hydrogens is 477 g/mol. The SMILES string of the molecule is O=S1CN(C2(CO)CCC2)c2nc(N3CCC(c4ncc(SC(F)(F)F)cn4)CC3)ncc21. The largest absolute Gasteiger partial charge is 0.446 e. The number of aliphatic hydroxyl groups is 1. The van der Waals surface area contributed by atoms with Gasteiger partial charge in [0.2, 0.25) is 5.95 Å². The first-order chi connectivity index (χ1) is 15.8. The average Bonchev–Trinajstić information content (AvgIpc) is 3.09. The van der Waals surface area contributed by atoms with Crippen molar-refractivity contribution in [3.63, 3.8) is 0 Å². The minimum atomic E-state index is -4.36. The Morgan fingerprint density at radius 2 is 1.85 bits per heavy atom. The van der Waals surface area contributed by atoms with E-state index in [0.29, 0.717) is 41.5 Å². The predicted octanol–water partition coefficient (Wildman–Crippen LogP) is 3.06. The summed E-state index contributed by atoms with van der Waals surface area (Å²) in [6, 6.07) is 0. The van der Waals surface area contributed by atoms with Crippen molar-refractivity contribution in [2.24, 2.45) is 0 Å². The molecule has 0 bridgehead atoms. The second kappa shape index (κ2) is 8.66. The molecule has 1 aliphatic carbocycles. The van der Waals surface area contributed by atoms with Crippen molar-refractivity contribution in [3.8, 4) is 0 Å². The van der Waals surface area contributed by atoms with Gasteiger partial charge in [0.05, 0.1) is 34.0 Å². The molecule has 3 aliphatic rings. The van der Waals surface area contributed by atoms with Crippen molar-refractivity contribution in [2.45, 2.75) is 58.9 Å². The molecule has 0 spiro atoms. The monoisotopic (exact) mass is 500 g/mol. The van der Waals surface area contributed by atoms with Crippen molar-refractivity contribution < 1.29 is 22.5 Å². The summed E-state index contributed by atoms with van der Waals surface area (Å²) >= 11 is -0.218. The summed E-state index contributed by atoms with van der Waals surface area (Å²) in [4.78, 5) is 22.1. The highest BCUT2D eigenvalue weighted by molar-refractivity contribution is 8.00. The number of halogens is 3. The number of hydrogen-bond acceptors (Lipinski definition) is 9. The van der Waals surface area contributed by atoms with Crippen LogP contribution in [0.15, 0.2) is 28.4 Å². The normalized spacial score (nSPS) is 22.8. The minimum absolute atomic E-state index is 0.00857. The second-order valence-electron chi connectivity index (χ2n) is 8.58. The van der Waals surface area contributed by atoms with Crippen LogP contribution in [0.3, 0.4) is 0 Å². The maximum absolute atomic E-state index is 12.6. The topological polar surface area (TPSA) is 95.3 Å². The molecule has 2 fully saturated rings. The van der Waals surface area contributed by atoms with E-state index < -0.39 is 16.3 Å². The van der Waals surface area contributed by atoms with E-state index in [1.807, 2.05) is 4.90 Å². The molecule has 5 rings (SSSR count). The van der Waals surface area contributed by atoms with Crippen LogP contribution < -0.4 is 9.80 Å². The molecule has 4 heterocycles. The number of aliphatic hydroxyl groups excluding tert-OH is 1. The third-order valence-corrected chi connectivity index (χ3v) is 8.60. The fourth-order valence-corrected chi connectivity index (χ4v) is 6.41. The van der Waals surface area contributed by atoms with Crippen LogP contribution in [0, 0.1) is 0 Å². The van der Waals surface area contributed by atoms with E-state index in [4.69, 9.17) is 4.98 Å². The number of rotatable bonds is 5. The lowest BCUT2D eigenvalue weighted by Crippen LogP contribution is -2.56. The quantitative estimate of drug-likeness (QED) is 0.622. The van der Waals surface area contributed by atoms with Gasteiger partial charge in [0, 0.05) is 31.4 Å². The van der Waals surface area contributed by atoms with Gasteiger partial charge in [-0.05, 0) is 43.9 Å². The van der Waals surface area contributed by atoms with Crippen LogP contribution in [0.1, 0.15) is 43.8 Å². The van der Waals surface area contributed by atoms with Gasteiger partial charge in [0.1, 0.15) is 16.6 Å². The first-order valence-electron chi connectivity index (χ1n) is 10.7. The second-order valence-corrected chi connectivity index (χ2v) is 11.1. The highest BCUT2D eigenvalue weighted by atomic mass is 32.2. The Morgan fingerprint density at radius 1 is 1.15 bits per heavy atom. The molecule has 0 radical (unpaired) electrons. The van der Waals surface area contributed by atoms with Gasteiger partial charge in [0.25, 0.3) is 0 Å². The van der Waals surface area contributed by atoms with E-state index in [1.165, 1.54) is 12.4 Å². The molecule has 1 atom stereocenters. The highest BCUT2D eigenvalue weighted by Gasteiger charge is 2.47. The zero-order valence-electron chi connectivity index (χ0n) is 17.7. The molecule has 178 valence electrons. The lowest BCUT2D eigenvalue weighted by Gasteiger charge is -2.47. The fraction of sp³-hybridized carbons (Fsp3) is 0.600. The van der Waals surface area contributed by atoms with Crippen molar-refractivity contribution in [3.05, 3.63) is 24.4 Å². The number of piperidine rings is 1. The molecule has 1 saturated carbocycles. The van der Waals surface area contributed by atoms with E-state index >= 15 is 0 Å². The van der Waals surface area contributed by atoms with Gasteiger partial charge in [-0.3, -0.25) is 4.21 Å². The van der Waals surface area contributed by atoms with Crippen molar-refractivity contribution in [2.75, 3.05) is 35.4 Å². The number of nitrogens with zero attached hydrogens (tertiary/aromatic N) is 6. The van der Waals surface area contributed by atoms with Crippen LogP contribution in [0.2, 0.25) is 0 Å². The zero-order valence-corrected chi connectivity index (χ0v) is 19.3. The zero-order chi connectivity index (χ0) is 23.2. The van der Waals surface area contributed by atoms with Crippen LogP contribution in [0.5, 0.6) is 0 Å². The third-order valence-electron chi connectivity index (χ3n) is 6.65. The van der Waals surface area contributed by atoms with Gasteiger partial charge >= 0.3 is 5.51 Å². The molecule has 2 aromatic rings. The molecule has 0 amide bonds. The number of hydrogen-bond donors (Lipinski definition) is 1. The van der Waals surface area contributed by atoms with Crippen LogP contribution >= 0.6 is 11.8 Å². The lowest BCUT2D eigenvalue weighted by molar-refractivity contribution is -0.0328. The first kappa shape index (κ1) is 22.8. The molecular formula is C20H23F3N6O2S2. The molecule has 13 heteroatoms. The Kier molecular flexibility index (Phi) is 5.98. The van der Waals surface area contributed by atoms with E-state index in [0.717, 1.165) is 32.1 Å². The molecule has 8 nitrogen and oxygen atoms in total. The van der Waals surface area contributed by atoms with Crippen LogP contribution in [0.4, 0.5) is 24.9 Å². The number of aromatic nitrogens is 4. The molecule has 1 N–H and O–H groups in total. The van der Waals surface area contributed by atoms with E-state index in [2.05, 4.69) is 19.9 Å². The van der Waals surface area contributed by atoms with Crippen LogP contribution in [0.25, 0.3) is 0 Å². The molecule has 2 aromatic heterocycles. The van der Waals surface area contributed by atoms with Crippen molar-refractivity contribution in [1.29, 1.82) is 0 Å². The summed E-state index contributed by atoms with van der Waals surface area (Å²) in [6.07, 6.45) is 8.26. The maximum Gasteiger partial charge on any atom is 0.446 e. The van der Waals surface area contributed by atoms with Crippen molar-refractivity contribution >= 4 is 34.3 Å². The Hall–Kier alpha value is -1.99. The van der Waals surface area contributed by atoms with Crippen molar-refractivity contribution in [1.82, 2.24) is 19.9 Å². The number of fused-ring (bicyclic) bond motifs is 1. The number of thioether (sulfide) groups is 1. The summed E-state index contributed by atoms with van der Waals surface area (Å²) < 4.78 is 50.1. The Labute approximate surface area is 195 Å². The van der Waals surface area contributed by atoms with Gasteiger partial charge < -0.3 is 14.9 Å². The standard InChI is InChI=1S/C20H23F3N6O2S2/c21-20(22,23)32-14-8-24-16(25-9-14)13-2-6-28(7-3-13)18-26-10-15-17(27-18)29(12-33(15)31)19(11-30)4-1-5-19/h8-10,13,30H,1-7,11-12H2. The predicted molar refractivity (Wildman–Crippen MR) is 118 cm³/mol. The Morgan fingerprint density at radius 3 is 2.42 bits per heavy atom. The van der Waals surface area contributed by atoms with E-state index in [1.54, 1.807) is 6.20 Å². The molecule has 2 aliphatic heterocycles. The summed E-state index contributed by atoms with van der Waals surface area (Å²) in [6.45, 7) is 1.31.